The van der Waals surface area contributed by atoms with Crippen molar-refractivity contribution in [1.29, 1.82) is 0 Å². The first-order valence-electron chi connectivity index (χ1n) is 11.4. The van der Waals surface area contributed by atoms with Crippen molar-refractivity contribution in [2.45, 2.75) is 44.1 Å². The number of H-pyrrole nitrogens is 1. The van der Waals surface area contributed by atoms with Gasteiger partial charge >= 0.3 is 0 Å². The number of rotatable bonds is 5. The number of aliphatic hydroxyl groups excluding tert-OH is 1. The summed E-state index contributed by atoms with van der Waals surface area (Å²) in [6, 6.07) is 8.50. The van der Waals surface area contributed by atoms with Crippen molar-refractivity contribution in [3.05, 3.63) is 42.4 Å². The monoisotopic (exact) mass is 421 g/mol. The molecule has 2 aliphatic heterocycles. The van der Waals surface area contributed by atoms with Gasteiger partial charge < -0.3 is 24.6 Å². The fourth-order valence-electron chi connectivity index (χ4n) is 5.16. The number of nitrogens with zero attached hydrogens (tertiary/aromatic N) is 4. The number of methoxy groups -OCH3 is 1. The summed E-state index contributed by atoms with van der Waals surface area (Å²) in [4.78, 5) is 17.1. The highest BCUT2D eigenvalue weighted by Gasteiger charge is 2.26. The van der Waals surface area contributed by atoms with E-state index in [-0.39, 0.29) is 12.6 Å². The van der Waals surface area contributed by atoms with Crippen LogP contribution in [-0.4, -0.2) is 59.5 Å². The Hall–Kier alpha value is -2.80. The lowest BCUT2D eigenvalue weighted by Crippen LogP contribution is -2.42. The van der Waals surface area contributed by atoms with Crippen LogP contribution in [0.5, 0.6) is 5.75 Å². The predicted molar refractivity (Wildman–Crippen MR) is 123 cm³/mol. The van der Waals surface area contributed by atoms with Gasteiger partial charge in [0.15, 0.2) is 0 Å². The molecule has 5 rings (SSSR count). The van der Waals surface area contributed by atoms with Crippen LogP contribution in [0.1, 0.15) is 43.6 Å². The summed E-state index contributed by atoms with van der Waals surface area (Å²) >= 11 is 0. The van der Waals surface area contributed by atoms with E-state index in [4.69, 9.17) is 4.74 Å². The molecular formula is C24H31N5O2. The highest BCUT2D eigenvalue weighted by atomic mass is 16.5. The second kappa shape index (κ2) is 8.75. The third-order valence-electron chi connectivity index (χ3n) is 6.95. The van der Waals surface area contributed by atoms with Gasteiger partial charge in [-0.1, -0.05) is 0 Å². The van der Waals surface area contributed by atoms with Crippen molar-refractivity contribution < 1.29 is 9.84 Å². The summed E-state index contributed by atoms with van der Waals surface area (Å²) in [5, 5.41) is 11.0. The van der Waals surface area contributed by atoms with Crippen molar-refractivity contribution in [3.8, 4) is 5.75 Å². The molecule has 31 heavy (non-hydrogen) atoms. The number of aromatic nitrogens is 3. The SMILES string of the molecule is COc1ccc2[nH]cc(C3CCN(c4cc(N5CCCCC5CO)ncn4)CC3)c2c1. The van der Waals surface area contributed by atoms with E-state index in [0.29, 0.717) is 5.92 Å². The molecule has 2 N–H and O–H groups in total. The number of anilines is 2. The van der Waals surface area contributed by atoms with E-state index in [1.54, 1.807) is 13.4 Å². The normalized spacial score (nSPS) is 20.4. The summed E-state index contributed by atoms with van der Waals surface area (Å²) in [7, 11) is 1.72. The van der Waals surface area contributed by atoms with E-state index in [9.17, 15) is 5.11 Å². The molecule has 2 aromatic heterocycles. The maximum absolute atomic E-state index is 9.76. The Labute approximate surface area is 183 Å². The maximum Gasteiger partial charge on any atom is 0.134 e. The molecule has 4 heterocycles. The molecule has 0 amide bonds. The first-order chi connectivity index (χ1) is 15.3. The third-order valence-corrected chi connectivity index (χ3v) is 6.95. The molecule has 0 spiro atoms. The summed E-state index contributed by atoms with van der Waals surface area (Å²) in [5.41, 5.74) is 2.55. The van der Waals surface area contributed by atoms with Crippen LogP contribution in [0, 0.1) is 0 Å². The lowest BCUT2D eigenvalue weighted by Gasteiger charge is -2.36. The van der Waals surface area contributed by atoms with E-state index >= 15 is 0 Å². The van der Waals surface area contributed by atoms with E-state index < -0.39 is 0 Å². The van der Waals surface area contributed by atoms with Gasteiger partial charge in [-0.25, -0.2) is 9.97 Å². The molecule has 0 saturated carbocycles. The van der Waals surface area contributed by atoms with Crippen LogP contribution in [0.25, 0.3) is 10.9 Å². The molecule has 1 aromatic carbocycles. The smallest absolute Gasteiger partial charge is 0.134 e. The number of hydrogen-bond donors (Lipinski definition) is 2. The number of ether oxygens (including phenoxy) is 1. The zero-order valence-electron chi connectivity index (χ0n) is 18.1. The number of aromatic amines is 1. The van der Waals surface area contributed by atoms with E-state index in [1.165, 1.54) is 22.9 Å². The van der Waals surface area contributed by atoms with Crippen molar-refractivity contribution >= 4 is 22.5 Å². The molecule has 3 aromatic rings. The third kappa shape index (κ3) is 3.94. The van der Waals surface area contributed by atoms with E-state index in [1.807, 2.05) is 6.07 Å². The Kier molecular flexibility index (Phi) is 5.68. The first-order valence-corrected chi connectivity index (χ1v) is 11.4. The molecule has 2 fully saturated rings. The molecule has 0 bridgehead atoms. The number of piperidine rings is 2. The van der Waals surface area contributed by atoms with Gasteiger partial charge in [-0.15, -0.1) is 0 Å². The van der Waals surface area contributed by atoms with E-state index in [0.717, 1.165) is 62.7 Å². The minimum atomic E-state index is 0.168. The highest BCUT2D eigenvalue weighted by Crippen LogP contribution is 2.36. The Bertz CT molecular complexity index is 1030. The number of fused-ring (bicyclic) bond motifs is 1. The maximum atomic E-state index is 9.76. The molecule has 7 nitrogen and oxygen atoms in total. The standard InChI is InChI=1S/C24H31N5O2/c1-31-19-5-6-22-20(12-19)21(14-25-22)17-7-10-28(11-8-17)23-13-24(27-16-26-23)29-9-3-2-4-18(29)15-30/h5-6,12-14,16-18,25,30H,2-4,7-11,15H2,1H3. The lowest BCUT2D eigenvalue weighted by molar-refractivity contribution is 0.239. The van der Waals surface area contributed by atoms with Crippen molar-refractivity contribution in [3.63, 3.8) is 0 Å². The Morgan fingerprint density at radius 3 is 2.71 bits per heavy atom. The number of benzene rings is 1. The second-order valence-electron chi connectivity index (χ2n) is 8.68. The first kappa shape index (κ1) is 20.1. The van der Waals surface area contributed by atoms with Crippen LogP contribution in [0.3, 0.4) is 0 Å². The summed E-state index contributed by atoms with van der Waals surface area (Å²) in [5.74, 6) is 3.36. The topological polar surface area (TPSA) is 77.5 Å². The highest BCUT2D eigenvalue weighted by molar-refractivity contribution is 5.85. The average molecular weight is 422 g/mol. The number of nitrogens with one attached hydrogen (secondary N) is 1. The quantitative estimate of drug-likeness (QED) is 0.654. The van der Waals surface area contributed by atoms with Gasteiger partial charge in [0.2, 0.25) is 0 Å². The fourth-order valence-corrected chi connectivity index (χ4v) is 5.16. The van der Waals surface area contributed by atoms with Crippen LogP contribution >= 0.6 is 0 Å². The largest absolute Gasteiger partial charge is 0.497 e. The zero-order chi connectivity index (χ0) is 21.2. The van der Waals surface area contributed by atoms with Crippen molar-refractivity contribution in [2.75, 3.05) is 43.2 Å². The van der Waals surface area contributed by atoms with Crippen molar-refractivity contribution in [1.82, 2.24) is 15.0 Å². The average Bonchev–Trinajstić information content (AvgIpc) is 3.27. The van der Waals surface area contributed by atoms with Gasteiger partial charge in [-0.2, -0.15) is 0 Å². The molecular weight excluding hydrogens is 390 g/mol. The summed E-state index contributed by atoms with van der Waals surface area (Å²) in [6.45, 7) is 3.08. The van der Waals surface area contributed by atoms with Crippen LogP contribution < -0.4 is 14.5 Å². The van der Waals surface area contributed by atoms with Crippen LogP contribution in [0.4, 0.5) is 11.6 Å². The molecule has 164 valence electrons. The summed E-state index contributed by atoms with van der Waals surface area (Å²) < 4.78 is 5.43. The molecule has 0 radical (unpaired) electrons. The number of hydrogen-bond acceptors (Lipinski definition) is 6. The summed E-state index contributed by atoms with van der Waals surface area (Å²) in [6.07, 6.45) is 9.36. The van der Waals surface area contributed by atoms with Crippen LogP contribution in [-0.2, 0) is 0 Å². The van der Waals surface area contributed by atoms with Crippen LogP contribution in [0.2, 0.25) is 0 Å². The van der Waals surface area contributed by atoms with Gasteiger partial charge in [-0.05, 0) is 61.8 Å². The number of aliphatic hydroxyl groups is 1. The Balaban J connectivity index is 1.30. The minimum absolute atomic E-state index is 0.168. The molecule has 1 atom stereocenters. The fraction of sp³-hybridized carbons (Fsp3) is 0.500. The van der Waals surface area contributed by atoms with E-state index in [2.05, 4.69) is 49.1 Å². The molecule has 2 saturated heterocycles. The molecule has 7 heteroatoms. The zero-order valence-corrected chi connectivity index (χ0v) is 18.1. The van der Waals surface area contributed by atoms with Gasteiger partial charge in [0.25, 0.3) is 0 Å². The minimum Gasteiger partial charge on any atom is -0.497 e. The van der Waals surface area contributed by atoms with Crippen molar-refractivity contribution in [2.24, 2.45) is 0 Å². The molecule has 0 aliphatic carbocycles. The second-order valence-corrected chi connectivity index (χ2v) is 8.68. The Morgan fingerprint density at radius 2 is 1.90 bits per heavy atom. The van der Waals surface area contributed by atoms with Gasteiger partial charge in [-0.3, -0.25) is 0 Å². The Morgan fingerprint density at radius 1 is 1.06 bits per heavy atom. The van der Waals surface area contributed by atoms with Gasteiger partial charge in [0.05, 0.1) is 19.8 Å². The molecule has 1 unspecified atom stereocenters. The van der Waals surface area contributed by atoms with Gasteiger partial charge in [0.1, 0.15) is 23.7 Å². The lowest BCUT2D eigenvalue weighted by atomic mass is 9.89. The van der Waals surface area contributed by atoms with Gasteiger partial charge in [0, 0.05) is 42.8 Å². The predicted octanol–water partition coefficient (Wildman–Crippen LogP) is 3.70. The molecule has 2 aliphatic rings. The van der Waals surface area contributed by atoms with Crippen LogP contribution in [0.15, 0.2) is 36.8 Å².